The Hall–Kier alpha value is -0.736. The topological polar surface area (TPSA) is 60.5 Å². The number of nitrogens with one attached hydrogen (secondary N) is 1. The van der Waals surface area contributed by atoms with Gasteiger partial charge in [-0.05, 0) is 42.3 Å². The van der Waals surface area contributed by atoms with Gasteiger partial charge in [-0.2, -0.15) is 0 Å². The maximum Gasteiger partial charge on any atom is 0.254 e. The standard InChI is InChI=1S/C21H39ClN2O3Si2/c1-20(2,3)28(7,8)26-14-16(15-27-29(9,10)21(4,5)6)24-19(25)17-13-23-12-11-18(17)22/h11-13,16H,14-15H2,1-10H3,(H,24,25). The summed E-state index contributed by atoms with van der Waals surface area (Å²) in [5.74, 6) is -0.259. The SMILES string of the molecule is CC(C)(C)[Si](C)(C)OCC(CO[Si](C)(C)C(C)(C)C)NC(=O)c1cnccc1Cl. The Balaban J connectivity index is 2.96. The van der Waals surface area contributed by atoms with Crippen LogP contribution < -0.4 is 5.32 Å². The fourth-order valence-corrected chi connectivity index (χ4v) is 4.28. The van der Waals surface area contributed by atoms with Crippen molar-refractivity contribution in [2.45, 2.75) is 83.8 Å². The summed E-state index contributed by atoms with van der Waals surface area (Å²) in [7, 11) is -3.91. The van der Waals surface area contributed by atoms with Gasteiger partial charge in [0.1, 0.15) is 0 Å². The highest BCUT2D eigenvalue weighted by atomic mass is 35.5. The Labute approximate surface area is 184 Å². The molecule has 0 aliphatic carbocycles. The quantitative estimate of drug-likeness (QED) is 0.494. The monoisotopic (exact) mass is 458 g/mol. The molecule has 166 valence electrons. The lowest BCUT2D eigenvalue weighted by Gasteiger charge is -2.39. The first-order valence-electron chi connectivity index (χ1n) is 10.2. The van der Waals surface area contributed by atoms with Gasteiger partial charge in [0.05, 0.1) is 29.8 Å². The van der Waals surface area contributed by atoms with Crippen molar-refractivity contribution in [2.24, 2.45) is 0 Å². The summed E-state index contributed by atoms with van der Waals surface area (Å²) in [6.07, 6.45) is 3.05. The summed E-state index contributed by atoms with van der Waals surface area (Å²) >= 11 is 6.17. The lowest BCUT2D eigenvalue weighted by atomic mass is 10.2. The van der Waals surface area contributed by atoms with E-state index >= 15 is 0 Å². The fourth-order valence-electron chi connectivity index (χ4n) is 1.99. The number of hydrogen-bond acceptors (Lipinski definition) is 4. The molecule has 1 aromatic rings. The predicted molar refractivity (Wildman–Crippen MR) is 127 cm³/mol. The van der Waals surface area contributed by atoms with Gasteiger partial charge in [0.2, 0.25) is 0 Å². The van der Waals surface area contributed by atoms with Crippen LogP contribution in [-0.2, 0) is 8.85 Å². The van der Waals surface area contributed by atoms with E-state index in [4.69, 9.17) is 20.5 Å². The van der Waals surface area contributed by atoms with E-state index in [1.165, 1.54) is 6.20 Å². The molecule has 29 heavy (non-hydrogen) atoms. The summed E-state index contributed by atoms with van der Waals surface area (Å²) in [4.78, 5) is 16.8. The number of hydrogen-bond donors (Lipinski definition) is 1. The van der Waals surface area contributed by atoms with E-state index in [0.29, 0.717) is 23.8 Å². The molecule has 0 aromatic carbocycles. The summed E-state index contributed by atoms with van der Waals surface area (Å²) in [5, 5.41) is 3.62. The Morgan fingerprint density at radius 3 is 1.86 bits per heavy atom. The molecule has 8 heteroatoms. The first-order valence-corrected chi connectivity index (χ1v) is 16.4. The maximum absolute atomic E-state index is 12.8. The highest BCUT2D eigenvalue weighted by Crippen LogP contribution is 2.38. The first-order chi connectivity index (χ1) is 13.0. The van der Waals surface area contributed by atoms with Crippen LogP contribution in [0.1, 0.15) is 51.9 Å². The molecule has 0 aliphatic rings. The van der Waals surface area contributed by atoms with Gasteiger partial charge in [0, 0.05) is 12.4 Å². The van der Waals surface area contributed by atoms with Crippen LogP contribution in [0.15, 0.2) is 18.5 Å². The van der Waals surface area contributed by atoms with Crippen LogP contribution in [0.3, 0.4) is 0 Å². The van der Waals surface area contributed by atoms with E-state index in [0.717, 1.165) is 0 Å². The van der Waals surface area contributed by atoms with E-state index in [1.807, 2.05) is 0 Å². The van der Waals surface area contributed by atoms with Crippen molar-refractivity contribution in [1.29, 1.82) is 0 Å². The molecule has 0 unspecified atom stereocenters. The zero-order valence-corrected chi connectivity index (χ0v) is 22.5. The van der Waals surface area contributed by atoms with E-state index in [9.17, 15) is 4.79 Å². The van der Waals surface area contributed by atoms with Gasteiger partial charge in [-0.25, -0.2) is 0 Å². The number of rotatable bonds is 8. The van der Waals surface area contributed by atoms with Crippen molar-refractivity contribution in [3.05, 3.63) is 29.0 Å². The minimum absolute atomic E-state index is 0.0918. The second-order valence-corrected chi connectivity index (χ2v) is 20.7. The summed E-state index contributed by atoms with van der Waals surface area (Å²) < 4.78 is 12.8. The average Bonchev–Trinajstić information content (AvgIpc) is 2.55. The third kappa shape index (κ3) is 7.47. The molecule has 1 heterocycles. The normalized spacial score (nSPS) is 13.7. The number of halogens is 1. The lowest BCUT2D eigenvalue weighted by Crippen LogP contribution is -2.50. The van der Waals surface area contributed by atoms with E-state index in [2.05, 4.69) is 78.0 Å². The van der Waals surface area contributed by atoms with Gasteiger partial charge in [0.25, 0.3) is 5.91 Å². The Kier molecular flexibility index (Phi) is 8.70. The number of aromatic nitrogens is 1. The van der Waals surface area contributed by atoms with Crippen molar-refractivity contribution in [2.75, 3.05) is 13.2 Å². The van der Waals surface area contributed by atoms with Crippen LogP contribution in [0, 0.1) is 0 Å². The van der Waals surface area contributed by atoms with E-state index < -0.39 is 16.6 Å². The van der Waals surface area contributed by atoms with Gasteiger partial charge in [0.15, 0.2) is 16.6 Å². The van der Waals surface area contributed by atoms with E-state index in [1.54, 1.807) is 12.3 Å². The molecule has 0 spiro atoms. The molecule has 0 radical (unpaired) electrons. The third-order valence-corrected chi connectivity index (χ3v) is 15.6. The second kappa shape index (κ2) is 9.60. The molecule has 0 saturated carbocycles. The Bertz CT molecular complexity index is 668. The molecule has 0 saturated heterocycles. The number of carbonyl (C=O) groups excluding carboxylic acids is 1. The number of carbonyl (C=O) groups is 1. The molecular formula is C21H39ClN2O3Si2. The number of pyridine rings is 1. The van der Waals surface area contributed by atoms with Crippen LogP contribution >= 0.6 is 11.6 Å². The predicted octanol–water partition coefficient (Wildman–Crippen LogP) is 5.88. The molecule has 5 nitrogen and oxygen atoms in total. The summed E-state index contributed by atoms with van der Waals surface area (Å²) in [6, 6.07) is 1.35. The van der Waals surface area contributed by atoms with Gasteiger partial charge in [-0.1, -0.05) is 53.1 Å². The first kappa shape index (κ1) is 26.3. The van der Waals surface area contributed by atoms with Gasteiger partial charge < -0.3 is 14.2 Å². The van der Waals surface area contributed by atoms with Crippen molar-refractivity contribution >= 4 is 34.1 Å². The largest absolute Gasteiger partial charge is 0.415 e. The molecule has 0 bridgehead atoms. The van der Waals surface area contributed by atoms with Crippen LogP contribution in [0.5, 0.6) is 0 Å². The molecule has 1 amide bonds. The zero-order chi connectivity index (χ0) is 22.7. The van der Waals surface area contributed by atoms with Crippen LogP contribution in [0.4, 0.5) is 0 Å². The second-order valence-electron chi connectivity index (χ2n) is 10.7. The molecule has 0 aliphatic heterocycles. The van der Waals surface area contributed by atoms with Crippen molar-refractivity contribution in [1.82, 2.24) is 10.3 Å². The molecule has 1 N–H and O–H groups in total. The van der Waals surface area contributed by atoms with Crippen LogP contribution in [0.2, 0.25) is 41.3 Å². The minimum atomic E-state index is -1.95. The summed E-state index contributed by atoms with van der Waals surface area (Å²) in [6.45, 7) is 22.9. The fraction of sp³-hybridized carbons (Fsp3) is 0.714. The Morgan fingerprint density at radius 1 is 1.03 bits per heavy atom. The molecule has 1 rings (SSSR count). The van der Waals surface area contributed by atoms with E-state index in [-0.39, 0.29) is 22.0 Å². The number of nitrogens with zero attached hydrogens (tertiary/aromatic N) is 1. The maximum atomic E-state index is 12.8. The Morgan fingerprint density at radius 2 is 1.48 bits per heavy atom. The summed E-state index contributed by atoms with van der Waals surface area (Å²) in [5.41, 5.74) is 0.360. The van der Waals surface area contributed by atoms with Crippen molar-refractivity contribution < 1.29 is 13.6 Å². The van der Waals surface area contributed by atoms with Crippen molar-refractivity contribution in [3.8, 4) is 0 Å². The van der Waals surface area contributed by atoms with Gasteiger partial charge in [-0.3, -0.25) is 9.78 Å². The molecule has 1 aromatic heterocycles. The molecule has 0 atom stereocenters. The lowest BCUT2D eigenvalue weighted by molar-refractivity contribution is 0.0887. The highest BCUT2D eigenvalue weighted by Gasteiger charge is 2.40. The van der Waals surface area contributed by atoms with Crippen LogP contribution in [0.25, 0.3) is 0 Å². The van der Waals surface area contributed by atoms with Crippen molar-refractivity contribution in [3.63, 3.8) is 0 Å². The number of amides is 1. The van der Waals surface area contributed by atoms with Crippen LogP contribution in [-0.4, -0.2) is 46.8 Å². The zero-order valence-electron chi connectivity index (χ0n) is 19.8. The molecular weight excluding hydrogens is 420 g/mol. The van der Waals surface area contributed by atoms with Gasteiger partial charge in [-0.15, -0.1) is 0 Å². The third-order valence-electron chi connectivity index (χ3n) is 6.25. The average molecular weight is 459 g/mol. The smallest absolute Gasteiger partial charge is 0.254 e. The molecule has 0 fully saturated rings. The highest BCUT2D eigenvalue weighted by molar-refractivity contribution is 6.74. The van der Waals surface area contributed by atoms with Gasteiger partial charge >= 0.3 is 0 Å². The minimum Gasteiger partial charge on any atom is -0.415 e.